The first-order valence-corrected chi connectivity index (χ1v) is 5.50. The molecule has 0 bridgehead atoms. The molecule has 1 atom stereocenters. The maximum atomic E-state index is 11.5. The topological polar surface area (TPSA) is 55.4 Å². The van der Waals surface area contributed by atoms with E-state index in [9.17, 15) is 9.59 Å². The average Bonchev–Trinajstić information content (AvgIpc) is 2.68. The number of hydrogen-bond acceptors (Lipinski definition) is 3. The highest BCUT2D eigenvalue weighted by atomic mass is 16.5. The summed E-state index contributed by atoms with van der Waals surface area (Å²) in [5, 5.41) is 2.64. The monoisotopic (exact) mass is 213 g/mol. The Morgan fingerprint density at radius 2 is 2.00 bits per heavy atom. The molecule has 0 aromatic heterocycles. The van der Waals surface area contributed by atoms with Gasteiger partial charge in [0.25, 0.3) is 0 Å². The Balaban J connectivity index is 2.25. The van der Waals surface area contributed by atoms with E-state index < -0.39 is 12.0 Å². The zero-order valence-electron chi connectivity index (χ0n) is 9.41. The normalized spacial score (nSPS) is 18.5. The fourth-order valence-electron chi connectivity index (χ4n) is 2.01. The lowest BCUT2D eigenvalue weighted by Crippen LogP contribution is -2.39. The minimum absolute atomic E-state index is 0.0419. The van der Waals surface area contributed by atoms with Crippen LogP contribution in [0.4, 0.5) is 0 Å². The number of methoxy groups -OCH3 is 1. The SMILES string of the molecule is COC(=O)[C@@H](C)NC(=O)CC1CCCC1. The summed E-state index contributed by atoms with van der Waals surface area (Å²) in [4.78, 5) is 22.6. The van der Waals surface area contributed by atoms with Crippen molar-refractivity contribution in [3.8, 4) is 0 Å². The lowest BCUT2D eigenvalue weighted by Gasteiger charge is -2.13. The zero-order valence-corrected chi connectivity index (χ0v) is 9.41. The summed E-state index contributed by atoms with van der Waals surface area (Å²) in [5.41, 5.74) is 0. The van der Waals surface area contributed by atoms with Crippen LogP contribution in [0, 0.1) is 5.92 Å². The second-order valence-electron chi connectivity index (χ2n) is 4.17. The van der Waals surface area contributed by atoms with Gasteiger partial charge in [0, 0.05) is 6.42 Å². The molecule has 4 heteroatoms. The second kappa shape index (κ2) is 5.73. The Labute approximate surface area is 90.4 Å². The van der Waals surface area contributed by atoms with Crippen molar-refractivity contribution in [1.29, 1.82) is 0 Å². The first-order chi connectivity index (χ1) is 7.13. The van der Waals surface area contributed by atoms with Gasteiger partial charge in [-0.1, -0.05) is 12.8 Å². The van der Waals surface area contributed by atoms with Gasteiger partial charge in [-0.3, -0.25) is 4.79 Å². The van der Waals surface area contributed by atoms with Gasteiger partial charge in [-0.25, -0.2) is 4.79 Å². The third-order valence-corrected chi connectivity index (χ3v) is 2.88. The summed E-state index contributed by atoms with van der Waals surface area (Å²) in [5.74, 6) is 0.0735. The number of amides is 1. The van der Waals surface area contributed by atoms with E-state index in [0.29, 0.717) is 12.3 Å². The molecule has 0 unspecified atom stereocenters. The van der Waals surface area contributed by atoms with Gasteiger partial charge in [-0.2, -0.15) is 0 Å². The maximum absolute atomic E-state index is 11.5. The summed E-state index contributed by atoms with van der Waals surface area (Å²) in [6.45, 7) is 1.64. The smallest absolute Gasteiger partial charge is 0.328 e. The number of carbonyl (C=O) groups excluding carboxylic acids is 2. The van der Waals surface area contributed by atoms with Crippen LogP contribution in [0.3, 0.4) is 0 Å². The summed E-state index contributed by atoms with van der Waals surface area (Å²) in [6.07, 6.45) is 5.27. The van der Waals surface area contributed by atoms with Crippen LogP contribution in [0.15, 0.2) is 0 Å². The van der Waals surface area contributed by atoms with Gasteiger partial charge in [0.1, 0.15) is 6.04 Å². The van der Waals surface area contributed by atoms with E-state index in [-0.39, 0.29) is 5.91 Å². The summed E-state index contributed by atoms with van der Waals surface area (Å²) in [7, 11) is 1.32. The number of nitrogens with one attached hydrogen (secondary N) is 1. The van der Waals surface area contributed by atoms with E-state index in [1.165, 1.54) is 20.0 Å². The Kier molecular flexibility index (Phi) is 4.59. The minimum Gasteiger partial charge on any atom is -0.467 e. The first-order valence-electron chi connectivity index (χ1n) is 5.50. The molecule has 0 aromatic carbocycles. The zero-order chi connectivity index (χ0) is 11.3. The Bertz CT molecular complexity index is 234. The molecule has 0 aromatic rings. The first kappa shape index (κ1) is 12.0. The van der Waals surface area contributed by atoms with Crippen LogP contribution in [0.25, 0.3) is 0 Å². The highest BCUT2D eigenvalue weighted by Crippen LogP contribution is 2.27. The Hall–Kier alpha value is -1.06. The third-order valence-electron chi connectivity index (χ3n) is 2.88. The second-order valence-corrected chi connectivity index (χ2v) is 4.17. The molecule has 1 rings (SSSR count). The van der Waals surface area contributed by atoms with E-state index >= 15 is 0 Å². The van der Waals surface area contributed by atoms with Gasteiger partial charge in [0.15, 0.2) is 0 Å². The quantitative estimate of drug-likeness (QED) is 0.715. The molecule has 1 aliphatic carbocycles. The van der Waals surface area contributed by atoms with Crippen LogP contribution in [-0.4, -0.2) is 25.0 Å². The largest absolute Gasteiger partial charge is 0.467 e. The van der Waals surface area contributed by atoms with Crippen molar-refractivity contribution < 1.29 is 14.3 Å². The Morgan fingerprint density at radius 1 is 1.40 bits per heavy atom. The molecule has 0 spiro atoms. The average molecular weight is 213 g/mol. The molecule has 4 nitrogen and oxygen atoms in total. The van der Waals surface area contributed by atoms with E-state index in [4.69, 9.17) is 0 Å². The fraction of sp³-hybridized carbons (Fsp3) is 0.818. The molecular weight excluding hydrogens is 194 g/mol. The molecular formula is C11H19NO3. The lowest BCUT2D eigenvalue weighted by molar-refractivity contribution is -0.144. The molecule has 1 fully saturated rings. The fourth-order valence-corrected chi connectivity index (χ4v) is 2.01. The molecule has 1 N–H and O–H groups in total. The maximum Gasteiger partial charge on any atom is 0.328 e. The number of ether oxygens (including phenoxy) is 1. The summed E-state index contributed by atoms with van der Waals surface area (Å²) < 4.78 is 4.53. The van der Waals surface area contributed by atoms with Crippen molar-refractivity contribution in [3.63, 3.8) is 0 Å². The van der Waals surface area contributed by atoms with Gasteiger partial charge < -0.3 is 10.1 Å². The number of rotatable bonds is 4. The molecule has 1 saturated carbocycles. The van der Waals surface area contributed by atoms with Crippen LogP contribution in [-0.2, 0) is 14.3 Å². The highest BCUT2D eigenvalue weighted by molar-refractivity contribution is 5.84. The third kappa shape index (κ3) is 3.90. The van der Waals surface area contributed by atoms with E-state index in [0.717, 1.165) is 12.8 Å². The van der Waals surface area contributed by atoms with Crippen molar-refractivity contribution in [2.75, 3.05) is 7.11 Å². The number of carbonyl (C=O) groups is 2. The van der Waals surface area contributed by atoms with Crippen LogP contribution < -0.4 is 5.32 Å². The highest BCUT2D eigenvalue weighted by Gasteiger charge is 2.21. The molecule has 0 aliphatic heterocycles. The summed E-state index contributed by atoms with van der Waals surface area (Å²) in [6, 6.07) is -0.538. The van der Waals surface area contributed by atoms with Crippen LogP contribution in [0.1, 0.15) is 39.0 Å². The van der Waals surface area contributed by atoms with Gasteiger partial charge in [-0.15, -0.1) is 0 Å². The predicted molar refractivity (Wildman–Crippen MR) is 56.2 cm³/mol. The van der Waals surface area contributed by atoms with Gasteiger partial charge in [0.2, 0.25) is 5.91 Å². The summed E-state index contributed by atoms with van der Waals surface area (Å²) >= 11 is 0. The molecule has 86 valence electrons. The van der Waals surface area contributed by atoms with E-state index in [2.05, 4.69) is 10.1 Å². The minimum atomic E-state index is -0.538. The van der Waals surface area contributed by atoms with Crippen molar-refractivity contribution in [3.05, 3.63) is 0 Å². The van der Waals surface area contributed by atoms with Crippen molar-refractivity contribution in [2.45, 2.75) is 45.1 Å². The molecule has 0 radical (unpaired) electrons. The van der Waals surface area contributed by atoms with Crippen LogP contribution >= 0.6 is 0 Å². The number of esters is 1. The molecule has 0 saturated heterocycles. The van der Waals surface area contributed by atoms with Gasteiger partial charge in [-0.05, 0) is 25.7 Å². The molecule has 0 heterocycles. The van der Waals surface area contributed by atoms with E-state index in [1.807, 2.05) is 0 Å². The van der Waals surface area contributed by atoms with Crippen LogP contribution in [0.2, 0.25) is 0 Å². The molecule has 15 heavy (non-hydrogen) atoms. The van der Waals surface area contributed by atoms with Crippen molar-refractivity contribution >= 4 is 11.9 Å². The number of hydrogen-bond donors (Lipinski definition) is 1. The van der Waals surface area contributed by atoms with Crippen molar-refractivity contribution in [2.24, 2.45) is 5.92 Å². The predicted octanol–water partition coefficient (Wildman–Crippen LogP) is 1.24. The van der Waals surface area contributed by atoms with Gasteiger partial charge in [0.05, 0.1) is 7.11 Å². The lowest BCUT2D eigenvalue weighted by atomic mass is 10.0. The van der Waals surface area contributed by atoms with Crippen LogP contribution in [0.5, 0.6) is 0 Å². The molecule has 1 aliphatic rings. The van der Waals surface area contributed by atoms with Crippen molar-refractivity contribution in [1.82, 2.24) is 5.32 Å². The standard InChI is InChI=1S/C11H19NO3/c1-8(11(14)15-2)12-10(13)7-9-5-3-4-6-9/h8-9H,3-7H2,1-2H3,(H,12,13)/t8-/m1/s1. The van der Waals surface area contributed by atoms with Gasteiger partial charge >= 0.3 is 5.97 Å². The molecule has 1 amide bonds. The van der Waals surface area contributed by atoms with E-state index in [1.54, 1.807) is 6.92 Å². The Morgan fingerprint density at radius 3 is 2.53 bits per heavy atom.